The zero-order chi connectivity index (χ0) is 13.0. The molecular formula is C14H16FNOS. The predicted molar refractivity (Wildman–Crippen MR) is 73.1 cm³/mol. The van der Waals surface area contributed by atoms with Crippen LogP contribution in [-0.4, -0.2) is 30.2 Å². The molecule has 18 heavy (non-hydrogen) atoms. The van der Waals surface area contributed by atoms with Crippen LogP contribution in [0, 0.1) is 5.82 Å². The van der Waals surface area contributed by atoms with Gasteiger partial charge in [-0.05, 0) is 36.2 Å². The number of nitrogens with zero attached hydrogens (tertiary/aromatic N) is 1. The van der Waals surface area contributed by atoms with E-state index in [0.29, 0.717) is 18.7 Å². The third-order valence-electron chi connectivity index (χ3n) is 2.75. The number of aliphatic hydroxyl groups excluding tert-OH is 1. The fourth-order valence-electron chi connectivity index (χ4n) is 1.85. The van der Waals surface area contributed by atoms with Crippen LogP contribution < -0.4 is 0 Å². The van der Waals surface area contributed by atoms with Crippen LogP contribution in [0.1, 0.15) is 5.56 Å². The van der Waals surface area contributed by atoms with Crippen molar-refractivity contribution in [2.45, 2.75) is 6.54 Å². The van der Waals surface area contributed by atoms with E-state index in [1.54, 1.807) is 6.07 Å². The van der Waals surface area contributed by atoms with Crippen molar-refractivity contribution in [2.75, 3.05) is 20.2 Å². The summed E-state index contributed by atoms with van der Waals surface area (Å²) in [7, 11) is 1.93. The van der Waals surface area contributed by atoms with Gasteiger partial charge >= 0.3 is 0 Å². The van der Waals surface area contributed by atoms with Gasteiger partial charge < -0.3 is 5.11 Å². The summed E-state index contributed by atoms with van der Waals surface area (Å²) in [5.74, 6) is -0.189. The quantitative estimate of drug-likeness (QED) is 0.898. The minimum absolute atomic E-state index is 0.134. The average molecular weight is 265 g/mol. The molecule has 0 bridgehead atoms. The predicted octanol–water partition coefficient (Wildman–Crippen LogP) is 2.98. The Morgan fingerprint density at radius 1 is 1.33 bits per heavy atom. The summed E-state index contributed by atoms with van der Waals surface area (Å²) >= 11 is 1.53. The largest absolute Gasteiger partial charge is 0.395 e. The highest BCUT2D eigenvalue weighted by molar-refractivity contribution is 7.13. The van der Waals surface area contributed by atoms with Crippen molar-refractivity contribution in [3.8, 4) is 10.4 Å². The molecule has 0 spiro atoms. The Balaban J connectivity index is 2.22. The Morgan fingerprint density at radius 2 is 2.17 bits per heavy atom. The Labute approximate surface area is 110 Å². The van der Waals surface area contributed by atoms with Gasteiger partial charge in [0.25, 0.3) is 0 Å². The zero-order valence-corrected chi connectivity index (χ0v) is 11.1. The van der Waals surface area contributed by atoms with Gasteiger partial charge in [0.2, 0.25) is 0 Å². The number of benzene rings is 1. The fraction of sp³-hybridized carbons (Fsp3) is 0.286. The first kappa shape index (κ1) is 13.2. The van der Waals surface area contributed by atoms with Gasteiger partial charge in [0.1, 0.15) is 5.82 Å². The molecule has 0 aliphatic carbocycles. The van der Waals surface area contributed by atoms with Crippen molar-refractivity contribution in [3.05, 3.63) is 47.1 Å². The highest BCUT2D eigenvalue weighted by Crippen LogP contribution is 2.28. The van der Waals surface area contributed by atoms with E-state index in [1.807, 2.05) is 35.5 Å². The monoisotopic (exact) mass is 265 g/mol. The summed E-state index contributed by atoms with van der Waals surface area (Å²) in [6.45, 7) is 1.46. The lowest BCUT2D eigenvalue weighted by atomic mass is 10.1. The van der Waals surface area contributed by atoms with E-state index in [1.165, 1.54) is 17.4 Å². The van der Waals surface area contributed by atoms with Gasteiger partial charge in [-0.25, -0.2) is 4.39 Å². The standard InChI is InChI=1S/C14H16FNOS/c1-16(6-7-17)10-11-4-5-13(15)12(9-11)14-3-2-8-18-14/h2-5,8-9,17H,6-7,10H2,1H3. The topological polar surface area (TPSA) is 23.5 Å². The van der Waals surface area contributed by atoms with Crippen molar-refractivity contribution < 1.29 is 9.50 Å². The van der Waals surface area contributed by atoms with Crippen LogP contribution >= 0.6 is 11.3 Å². The number of halogens is 1. The second-order valence-electron chi connectivity index (χ2n) is 4.25. The lowest BCUT2D eigenvalue weighted by Crippen LogP contribution is -2.21. The lowest BCUT2D eigenvalue weighted by molar-refractivity contribution is 0.217. The third kappa shape index (κ3) is 3.16. The van der Waals surface area contributed by atoms with Crippen LogP contribution in [-0.2, 0) is 6.54 Å². The van der Waals surface area contributed by atoms with Crippen molar-refractivity contribution in [1.29, 1.82) is 0 Å². The Bertz CT molecular complexity index is 499. The second-order valence-corrected chi connectivity index (χ2v) is 5.20. The average Bonchev–Trinajstić information content (AvgIpc) is 2.85. The maximum Gasteiger partial charge on any atom is 0.131 e. The van der Waals surface area contributed by atoms with Gasteiger partial charge in [-0.3, -0.25) is 4.90 Å². The van der Waals surface area contributed by atoms with Gasteiger partial charge in [-0.2, -0.15) is 0 Å². The van der Waals surface area contributed by atoms with E-state index >= 15 is 0 Å². The Hall–Kier alpha value is -1.23. The van der Waals surface area contributed by atoms with Crippen molar-refractivity contribution in [1.82, 2.24) is 4.90 Å². The molecule has 0 fully saturated rings. The minimum Gasteiger partial charge on any atom is -0.395 e. The van der Waals surface area contributed by atoms with Gasteiger partial charge in [0, 0.05) is 23.5 Å². The summed E-state index contributed by atoms with van der Waals surface area (Å²) in [6, 6.07) is 9.03. The third-order valence-corrected chi connectivity index (χ3v) is 3.65. The van der Waals surface area contributed by atoms with E-state index in [2.05, 4.69) is 0 Å². The molecule has 0 aliphatic rings. The van der Waals surface area contributed by atoms with E-state index < -0.39 is 0 Å². The number of rotatable bonds is 5. The summed E-state index contributed by atoms with van der Waals surface area (Å²) in [6.07, 6.45) is 0. The minimum atomic E-state index is -0.189. The molecule has 2 rings (SSSR count). The summed E-state index contributed by atoms with van der Waals surface area (Å²) < 4.78 is 13.8. The lowest BCUT2D eigenvalue weighted by Gasteiger charge is -2.15. The zero-order valence-electron chi connectivity index (χ0n) is 10.3. The number of hydrogen-bond donors (Lipinski definition) is 1. The second kappa shape index (κ2) is 6.09. The molecule has 0 radical (unpaired) electrons. The highest BCUT2D eigenvalue weighted by atomic mass is 32.1. The Morgan fingerprint density at radius 3 is 2.83 bits per heavy atom. The van der Waals surface area contributed by atoms with Crippen LogP contribution in [0.3, 0.4) is 0 Å². The number of likely N-dealkylation sites (N-methyl/N-ethyl adjacent to an activating group) is 1. The number of thiophene rings is 1. The van der Waals surface area contributed by atoms with Crippen LogP contribution in [0.2, 0.25) is 0 Å². The summed E-state index contributed by atoms with van der Waals surface area (Å²) in [5.41, 5.74) is 1.70. The Kier molecular flexibility index (Phi) is 4.47. The molecule has 1 aromatic heterocycles. The first-order valence-corrected chi connectivity index (χ1v) is 6.70. The maximum atomic E-state index is 13.8. The molecular weight excluding hydrogens is 249 g/mol. The normalized spacial score (nSPS) is 11.1. The molecule has 2 aromatic rings. The highest BCUT2D eigenvalue weighted by Gasteiger charge is 2.08. The van der Waals surface area contributed by atoms with E-state index in [-0.39, 0.29) is 12.4 Å². The molecule has 0 atom stereocenters. The first-order chi connectivity index (χ1) is 8.70. The van der Waals surface area contributed by atoms with Crippen LogP contribution in [0.25, 0.3) is 10.4 Å². The number of hydrogen-bond acceptors (Lipinski definition) is 3. The smallest absolute Gasteiger partial charge is 0.131 e. The molecule has 2 nitrogen and oxygen atoms in total. The maximum absolute atomic E-state index is 13.8. The molecule has 1 aromatic carbocycles. The van der Waals surface area contributed by atoms with E-state index in [0.717, 1.165) is 10.4 Å². The van der Waals surface area contributed by atoms with E-state index in [9.17, 15) is 4.39 Å². The summed E-state index contributed by atoms with van der Waals surface area (Å²) in [5, 5.41) is 10.8. The number of aliphatic hydroxyl groups is 1. The van der Waals surface area contributed by atoms with Crippen molar-refractivity contribution >= 4 is 11.3 Å². The van der Waals surface area contributed by atoms with Gasteiger partial charge in [0.05, 0.1) is 6.61 Å². The van der Waals surface area contributed by atoms with Gasteiger partial charge in [-0.1, -0.05) is 12.1 Å². The molecule has 96 valence electrons. The molecule has 0 saturated carbocycles. The van der Waals surface area contributed by atoms with Crippen LogP contribution in [0.5, 0.6) is 0 Å². The van der Waals surface area contributed by atoms with Gasteiger partial charge in [0.15, 0.2) is 0 Å². The van der Waals surface area contributed by atoms with Gasteiger partial charge in [-0.15, -0.1) is 11.3 Å². The van der Waals surface area contributed by atoms with Crippen LogP contribution in [0.4, 0.5) is 4.39 Å². The molecule has 0 amide bonds. The molecule has 4 heteroatoms. The fourth-order valence-corrected chi connectivity index (χ4v) is 2.60. The SMILES string of the molecule is CN(CCO)Cc1ccc(F)c(-c2cccs2)c1. The molecule has 0 aliphatic heterocycles. The van der Waals surface area contributed by atoms with Crippen molar-refractivity contribution in [3.63, 3.8) is 0 Å². The first-order valence-electron chi connectivity index (χ1n) is 5.82. The molecule has 1 N–H and O–H groups in total. The molecule has 0 unspecified atom stereocenters. The van der Waals surface area contributed by atoms with E-state index in [4.69, 9.17) is 5.11 Å². The summed E-state index contributed by atoms with van der Waals surface area (Å²) in [4.78, 5) is 2.95. The van der Waals surface area contributed by atoms with Crippen molar-refractivity contribution in [2.24, 2.45) is 0 Å². The van der Waals surface area contributed by atoms with Crippen LogP contribution in [0.15, 0.2) is 35.7 Å². The molecule has 1 heterocycles. The molecule has 0 saturated heterocycles.